The maximum absolute atomic E-state index is 9.60. The standard InChI is InChI=1S/C15H22N2O/c18-11-14(12-5-2-1-3-6-12)16-13-8-10-17-9-4-7-15(13)17/h1-3,5-6,13-16,18H,4,7-11H2. The van der Waals surface area contributed by atoms with E-state index in [2.05, 4.69) is 22.3 Å². The van der Waals surface area contributed by atoms with Crippen molar-refractivity contribution in [1.29, 1.82) is 0 Å². The van der Waals surface area contributed by atoms with Gasteiger partial charge in [-0.3, -0.25) is 4.90 Å². The van der Waals surface area contributed by atoms with Gasteiger partial charge in [0.15, 0.2) is 0 Å². The second kappa shape index (κ2) is 5.39. The summed E-state index contributed by atoms with van der Waals surface area (Å²) in [6.07, 6.45) is 3.86. The SMILES string of the molecule is OCC(NC1CCN2CCCC12)c1ccccc1. The van der Waals surface area contributed by atoms with Gasteiger partial charge in [0, 0.05) is 18.6 Å². The van der Waals surface area contributed by atoms with Crippen molar-refractivity contribution < 1.29 is 5.11 Å². The predicted octanol–water partition coefficient (Wildman–Crippen LogP) is 1.55. The van der Waals surface area contributed by atoms with Crippen molar-refractivity contribution in [1.82, 2.24) is 10.2 Å². The topological polar surface area (TPSA) is 35.5 Å². The van der Waals surface area contributed by atoms with Gasteiger partial charge in [-0.2, -0.15) is 0 Å². The van der Waals surface area contributed by atoms with E-state index in [4.69, 9.17) is 0 Å². The quantitative estimate of drug-likeness (QED) is 0.846. The average molecular weight is 246 g/mol. The zero-order chi connectivity index (χ0) is 12.4. The van der Waals surface area contributed by atoms with Crippen LogP contribution >= 0.6 is 0 Å². The number of aliphatic hydroxyl groups excluding tert-OH is 1. The maximum Gasteiger partial charge on any atom is 0.0626 e. The first-order valence-corrected chi connectivity index (χ1v) is 7.04. The Morgan fingerprint density at radius 1 is 1.22 bits per heavy atom. The van der Waals surface area contributed by atoms with Gasteiger partial charge in [0.2, 0.25) is 0 Å². The molecule has 3 heteroatoms. The number of nitrogens with one attached hydrogen (secondary N) is 1. The Labute approximate surface area is 109 Å². The van der Waals surface area contributed by atoms with Crippen LogP contribution in [0.4, 0.5) is 0 Å². The highest BCUT2D eigenvalue weighted by Crippen LogP contribution is 2.29. The Morgan fingerprint density at radius 3 is 2.83 bits per heavy atom. The molecule has 18 heavy (non-hydrogen) atoms. The average Bonchev–Trinajstić information content (AvgIpc) is 3.01. The Kier molecular flexibility index (Phi) is 3.64. The molecule has 2 fully saturated rings. The fraction of sp³-hybridized carbons (Fsp3) is 0.600. The lowest BCUT2D eigenvalue weighted by molar-refractivity contribution is 0.219. The molecule has 2 heterocycles. The molecule has 3 nitrogen and oxygen atoms in total. The molecular formula is C15H22N2O. The summed E-state index contributed by atoms with van der Waals surface area (Å²) in [5, 5.41) is 13.3. The molecule has 3 atom stereocenters. The van der Waals surface area contributed by atoms with E-state index in [0.717, 1.165) is 0 Å². The second-order valence-electron chi connectivity index (χ2n) is 5.45. The third kappa shape index (κ3) is 2.30. The van der Waals surface area contributed by atoms with Crippen LogP contribution in [-0.2, 0) is 0 Å². The van der Waals surface area contributed by atoms with Crippen LogP contribution in [0.25, 0.3) is 0 Å². The molecule has 0 saturated carbocycles. The molecule has 2 aliphatic rings. The minimum atomic E-state index is 0.0803. The van der Waals surface area contributed by atoms with Crippen molar-refractivity contribution in [2.24, 2.45) is 0 Å². The number of nitrogens with zero attached hydrogens (tertiary/aromatic N) is 1. The van der Waals surface area contributed by atoms with Gasteiger partial charge < -0.3 is 10.4 Å². The van der Waals surface area contributed by atoms with Crippen molar-refractivity contribution in [2.75, 3.05) is 19.7 Å². The highest BCUT2D eigenvalue weighted by molar-refractivity contribution is 5.19. The first-order valence-electron chi connectivity index (χ1n) is 7.04. The van der Waals surface area contributed by atoms with Crippen LogP contribution in [0, 0.1) is 0 Å². The van der Waals surface area contributed by atoms with Gasteiger partial charge in [0.1, 0.15) is 0 Å². The van der Waals surface area contributed by atoms with Gasteiger partial charge in [-0.1, -0.05) is 30.3 Å². The van der Waals surface area contributed by atoms with Crippen molar-refractivity contribution in [3.05, 3.63) is 35.9 Å². The zero-order valence-electron chi connectivity index (χ0n) is 10.8. The molecule has 0 aromatic heterocycles. The lowest BCUT2D eigenvalue weighted by Gasteiger charge is -2.26. The fourth-order valence-electron chi connectivity index (χ4n) is 3.48. The number of fused-ring (bicyclic) bond motifs is 1. The Bertz CT molecular complexity index is 381. The smallest absolute Gasteiger partial charge is 0.0626 e. The van der Waals surface area contributed by atoms with Gasteiger partial charge in [-0.25, -0.2) is 0 Å². The van der Waals surface area contributed by atoms with Crippen LogP contribution in [0.3, 0.4) is 0 Å². The Hall–Kier alpha value is -0.900. The van der Waals surface area contributed by atoms with E-state index in [-0.39, 0.29) is 12.6 Å². The number of hydrogen-bond donors (Lipinski definition) is 2. The summed E-state index contributed by atoms with van der Waals surface area (Å²) in [6, 6.07) is 11.6. The van der Waals surface area contributed by atoms with Crippen LogP contribution in [0.15, 0.2) is 30.3 Å². The van der Waals surface area contributed by atoms with Gasteiger partial charge in [0.25, 0.3) is 0 Å². The van der Waals surface area contributed by atoms with Crippen LogP contribution in [0.1, 0.15) is 30.9 Å². The maximum atomic E-state index is 9.60. The second-order valence-corrected chi connectivity index (χ2v) is 5.45. The predicted molar refractivity (Wildman–Crippen MR) is 72.4 cm³/mol. The van der Waals surface area contributed by atoms with Gasteiger partial charge in [-0.15, -0.1) is 0 Å². The summed E-state index contributed by atoms with van der Waals surface area (Å²) in [5.41, 5.74) is 1.19. The number of aliphatic hydroxyl groups is 1. The molecule has 1 aromatic carbocycles. The van der Waals surface area contributed by atoms with E-state index < -0.39 is 0 Å². The first kappa shape index (κ1) is 12.2. The molecular weight excluding hydrogens is 224 g/mol. The number of benzene rings is 1. The highest BCUT2D eigenvalue weighted by atomic mass is 16.3. The van der Waals surface area contributed by atoms with E-state index in [0.29, 0.717) is 12.1 Å². The van der Waals surface area contributed by atoms with Gasteiger partial charge >= 0.3 is 0 Å². The van der Waals surface area contributed by atoms with Crippen LogP contribution in [-0.4, -0.2) is 41.8 Å². The van der Waals surface area contributed by atoms with E-state index in [9.17, 15) is 5.11 Å². The van der Waals surface area contributed by atoms with Crippen LogP contribution < -0.4 is 5.32 Å². The molecule has 0 aliphatic carbocycles. The molecule has 0 amide bonds. The normalized spacial score (nSPS) is 29.4. The van der Waals surface area contributed by atoms with Crippen molar-refractivity contribution in [3.8, 4) is 0 Å². The Balaban J connectivity index is 1.67. The molecule has 2 aliphatic heterocycles. The van der Waals surface area contributed by atoms with E-state index in [1.54, 1.807) is 0 Å². The number of hydrogen-bond acceptors (Lipinski definition) is 3. The lowest BCUT2D eigenvalue weighted by atomic mass is 10.0. The van der Waals surface area contributed by atoms with E-state index in [1.165, 1.54) is 37.9 Å². The Morgan fingerprint density at radius 2 is 2.06 bits per heavy atom. The molecule has 0 radical (unpaired) electrons. The molecule has 2 N–H and O–H groups in total. The van der Waals surface area contributed by atoms with Crippen LogP contribution in [0.2, 0.25) is 0 Å². The molecule has 3 rings (SSSR count). The summed E-state index contributed by atoms with van der Waals surface area (Å²) in [4.78, 5) is 2.59. The van der Waals surface area contributed by atoms with Gasteiger partial charge in [0.05, 0.1) is 12.6 Å². The van der Waals surface area contributed by atoms with E-state index >= 15 is 0 Å². The molecule has 98 valence electrons. The molecule has 1 aromatic rings. The number of rotatable bonds is 4. The zero-order valence-corrected chi connectivity index (χ0v) is 10.8. The largest absolute Gasteiger partial charge is 0.394 e. The highest BCUT2D eigenvalue weighted by Gasteiger charge is 2.37. The molecule has 0 bridgehead atoms. The molecule has 2 saturated heterocycles. The summed E-state index contributed by atoms with van der Waals surface area (Å²) in [7, 11) is 0. The van der Waals surface area contributed by atoms with Crippen molar-refractivity contribution >= 4 is 0 Å². The third-order valence-electron chi connectivity index (χ3n) is 4.41. The summed E-state index contributed by atoms with van der Waals surface area (Å²) in [6.45, 7) is 2.65. The minimum absolute atomic E-state index is 0.0803. The summed E-state index contributed by atoms with van der Waals surface area (Å²) >= 11 is 0. The third-order valence-corrected chi connectivity index (χ3v) is 4.41. The summed E-state index contributed by atoms with van der Waals surface area (Å²) < 4.78 is 0. The minimum Gasteiger partial charge on any atom is -0.394 e. The van der Waals surface area contributed by atoms with Crippen molar-refractivity contribution in [2.45, 2.75) is 37.4 Å². The van der Waals surface area contributed by atoms with E-state index in [1.807, 2.05) is 18.2 Å². The fourth-order valence-corrected chi connectivity index (χ4v) is 3.48. The first-order chi connectivity index (χ1) is 8.88. The lowest BCUT2D eigenvalue weighted by Crippen LogP contribution is -2.42. The molecule has 0 spiro atoms. The summed E-state index contributed by atoms with van der Waals surface area (Å²) in [5.74, 6) is 0. The monoisotopic (exact) mass is 246 g/mol. The van der Waals surface area contributed by atoms with Crippen LogP contribution in [0.5, 0.6) is 0 Å². The van der Waals surface area contributed by atoms with Gasteiger partial charge in [-0.05, 0) is 31.4 Å². The van der Waals surface area contributed by atoms with Crippen molar-refractivity contribution in [3.63, 3.8) is 0 Å². The molecule has 3 unspecified atom stereocenters.